The second-order valence-corrected chi connectivity index (χ2v) is 4.29. The van der Waals surface area contributed by atoms with Crippen molar-refractivity contribution < 1.29 is 8.78 Å². The zero-order chi connectivity index (χ0) is 13.0. The van der Waals surface area contributed by atoms with Gasteiger partial charge in [0.2, 0.25) is 0 Å². The Balaban J connectivity index is 2.27. The summed E-state index contributed by atoms with van der Waals surface area (Å²) in [4.78, 5) is 0. The molecule has 0 radical (unpaired) electrons. The molecule has 0 aliphatic heterocycles. The number of aromatic nitrogens is 2. The largest absolute Gasteiger partial charge is 0.235 e. The van der Waals surface area contributed by atoms with E-state index in [-0.39, 0.29) is 5.69 Å². The van der Waals surface area contributed by atoms with Crippen molar-refractivity contribution in [3.8, 4) is 5.69 Å². The molecule has 0 spiro atoms. The van der Waals surface area contributed by atoms with Crippen LogP contribution in [0.3, 0.4) is 0 Å². The minimum Gasteiger partial charge on any atom is -0.235 e. The van der Waals surface area contributed by atoms with Crippen LogP contribution in [0.5, 0.6) is 0 Å². The van der Waals surface area contributed by atoms with E-state index in [1.165, 1.54) is 10.7 Å². The lowest BCUT2D eigenvalue weighted by Crippen LogP contribution is -2.05. The number of hydrogen-bond donors (Lipinski definition) is 0. The highest BCUT2D eigenvalue weighted by Crippen LogP contribution is 2.17. The van der Waals surface area contributed by atoms with Crippen LogP contribution in [-0.4, -0.2) is 9.78 Å². The number of unbranched alkanes of at least 4 members (excludes halogenated alkanes) is 2. The molecule has 0 bridgehead atoms. The Hall–Kier alpha value is -1.71. The third-order valence-electron chi connectivity index (χ3n) is 2.89. The summed E-state index contributed by atoms with van der Waals surface area (Å²) in [7, 11) is 0. The highest BCUT2D eigenvalue weighted by atomic mass is 19.1. The fraction of sp³-hybridized carbons (Fsp3) is 0.357. The Morgan fingerprint density at radius 1 is 1.17 bits per heavy atom. The van der Waals surface area contributed by atoms with Crippen molar-refractivity contribution >= 4 is 0 Å². The maximum Gasteiger partial charge on any atom is 0.149 e. The molecule has 0 aliphatic carbocycles. The molecule has 0 atom stereocenters. The maximum absolute atomic E-state index is 13.7. The van der Waals surface area contributed by atoms with E-state index < -0.39 is 11.6 Å². The van der Waals surface area contributed by atoms with Crippen molar-refractivity contribution in [1.29, 1.82) is 0 Å². The zero-order valence-corrected chi connectivity index (χ0v) is 10.4. The Kier molecular flexibility index (Phi) is 4.07. The van der Waals surface area contributed by atoms with Gasteiger partial charge in [0.1, 0.15) is 17.3 Å². The van der Waals surface area contributed by atoms with E-state index in [2.05, 4.69) is 12.0 Å². The molecule has 2 rings (SSSR count). The van der Waals surface area contributed by atoms with Crippen molar-refractivity contribution in [2.75, 3.05) is 0 Å². The first-order valence-electron chi connectivity index (χ1n) is 6.20. The molecule has 2 nitrogen and oxygen atoms in total. The van der Waals surface area contributed by atoms with Gasteiger partial charge in [0.05, 0.1) is 0 Å². The van der Waals surface area contributed by atoms with Gasteiger partial charge in [-0.3, -0.25) is 0 Å². The number of hydrogen-bond acceptors (Lipinski definition) is 1. The first-order chi connectivity index (χ1) is 8.72. The Morgan fingerprint density at radius 2 is 2.00 bits per heavy atom. The summed E-state index contributed by atoms with van der Waals surface area (Å²) in [5, 5.41) is 4.08. The molecule has 2 aromatic rings. The molecule has 4 heteroatoms. The van der Waals surface area contributed by atoms with Crippen LogP contribution in [0.1, 0.15) is 31.9 Å². The molecular formula is C14H16F2N2. The normalized spacial score (nSPS) is 10.8. The predicted octanol–water partition coefficient (Wildman–Crippen LogP) is 3.88. The zero-order valence-electron chi connectivity index (χ0n) is 10.4. The highest BCUT2D eigenvalue weighted by molar-refractivity contribution is 5.34. The molecule has 1 aromatic carbocycles. The van der Waals surface area contributed by atoms with Crippen molar-refractivity contribution in [2.45, 2.75) is 32.6 Å². The molecule has 0 fully saturated rings. The Labute approximate surface area is 105 Å². The maximum atomic E-state index is 13.7. The number of halogens is 2. The number of nitrogens with zero attached hydrogens (tertiary/aromatic N) is 2. The molecule has 96 valence electrons. The molecule has 1 aromatic heterocycles. The first kappa shape index (κ1) is 12.7. The van der Waals surface area contributed by atoms with Gasteiger partial charge in [-0.25, -0.2) is 13.5 Å². The lowest BCUT2D eigenvalue weighted by molar-refractivity contribution is 0.581. The lowest BCUT2D eigenvalue weighted by atomic mass is 10.1. The smallest absolute Gasteiger partial charge is 0.149 e. The molecule has 0 amide bonds. The molecule has 0 aliphatic rings. The summed E-state index contributed by atoms with van der Waals surface area (Å²) in [6.45, 7) is 2.13. The van der Waals surface area contributed by atoms with Crippen LogP contribution < -0.4 is 0 Å². The van der Waals surface area contributed by atoms with Gasteiger partial charge in [0.25, 0.3) is 0 Å². The highest BCUT2D eigenvalue weighted by Gasteiger charge is 2.10. The molecule has 0 unspecified atom stereocenters. The van der Waals surface area contributed by atoms with Crippen LogP contribution in [0.15, 0.2) is 30.5 Å². The van der Waals surface area contributed by atoms with E-state index in [1.54, 1.807) is 6.20 Å². The third-order valence-corrected chi connectivity index (χ3v) is 2.89. The first-order valence-corrected chi connectivity index (χ1v) is 6.20. The molecule has 0 saturated carbocycles. The van der Waals surface area contributed by atoms with Gasteiger partial charge in [-0.2, -0.15) is 5.10 Å². The van der Waals surface area contributed by atoms with E-state index in [9.17, 15) is 8.78 Å². The van der Waals surface area contributed by atoms with Crippen LogP contribution in [0.25, 0.3) is 5.69 Å². The SMILES string of the molecule is CCCCCc1ccnn1-c1cc(F)ccc1F. The number of benzene rings is 1. The summed E-state index contributed by atoms with van der Waals surface area (Å²) in [6.07, 6.45) is 5.72. The quantitative estimate of drug-likeness (QED) is 0.736. The van der Waals surface area contributed by atoms with Crippen molar-refractivity contribution in [3.05, 3.63) is 47.8 Å². The summed E-state index contributed by atoms with van der Waals surface area (Å²) in [6, 6.07) is 5.26. The summed E-state index contributed by atoms with van der Waals surface area (Å²) in [5.74, 6) is -0.918. The molecule has 1 heterocycles. The average Bonchev–Trinajstić information content (AvgIpc) is 2.81. The second kappa shape index (κ2) is 5.76. The Bertz CT molecular complexity index is 520. The van der Waals surface area contributed by atoms with E-state index in [0.29, 0.717) is 0 Å². The number of rotatable bonds is 5. The molecule has 18 heavy (non-hydrogen) atoms. The minimum atomic E-state index is -0.461. The van der Waals surface area contributed by atoms with E-state index in [1.807, 2.05) is 6.07 Å². The van der Waals surface area contributed by atoms with Gasteiger partial charge in [-0.15, -0.1) is 0 Å². The minimum absolute atomic E-state index is 0.173. The fourth-order valence-electron chi connectivity index (χ4n) is 1.94. The van der Waals surface area contributed by atoms with Crippen molar-refractivity contribution in [2.24, 2.45) is 0 Å². The topological polar surface area (TPSA) is 17.8 Å². The average molecular weight is 250 g/mol. The van der Waals surface area contributed by atoms with Crippen molar-refractivity contribution in [1.82, 2.24) is 9.78 Å². The van der Waals surface area contributed by atoms with E-state index in [4.69, 9.17) is 0 Å². The fourth-order valence-corrected chi connectivity index (χ4v) is 1.94. The molecule has 0 saturated heterocycles. The summed E-state index contributed by atoms with van der Waals surface area (Å²) >= 11 is 0. The van der Waals surface area contributed by atoms with Crippen LogP contribution in [0.4, 0.5) is 8.78 Å². The van der Waals surface area contributed by atoms with Gasteiger partial charge >= 0.3 is 0 Å². The summed E-state index contributed by atoms with van der Waals surface area (Å²) in [5.41, 5.74) is 1.08. The van der Waals surface area contributed by atoms with Crippen LogP contribution in [-0.2, 0) is 6.42 Å². The van der Waals surface area contributed by atoms with Gasteiger partial charge in [0, 0.05) is 18.0 Å². The molecular weight excluding hydrogens is 234 g/mol. The van der Waals surface area contributed by atoms with E-state index >= 15 is 0 Å². The van der Waals surface area contributed by atoms with Crippen LogP contribution >= 0.6 is 0 Å². The monoisotopic (exact) mass is 250 g/mol. The van der Waals surface area contributed by atoms with Crippen LogP contribution in [0.2, 0.25) is 0 Å². The Morgan fingerprint density at radius 3 is 2.78 bits per heavy atom. The summed E-state index contributed by atoms with van der Waals surface area (Å²) < 4.78 is 28.3. The van der Waals surface area contributed by atoms with Gasteiger partial charge in [0.15, 0.2) is 0 Å². The number of aryl methyl sites for hydroxylation is 1. The molecule has 0 N–H and O–H groups in total. The van der Waals surface area contributed by atoms with Gasteiger partial charge < -0.3 is 0 Å². The van der Waals surface area contributed by atoms with E-state index in [0.717, 1.165) is 43.5 Å². The van der Waals surface area contributed by atoms with Crippen molar-refractivity contribution in [3.63, 3.8) is 0 Å². The van der Waals surface area contributed by atoms with Gasteiger partial charge in [-0.1, -0.05) is 19.8 Å². The predicted molar refractivity (Wildman–Crippen MR) is 66.7 cm³/mol. The van der Waals surface area contributed by atoms with Gasteiger partial charge in [-0.05, 0) is 31.0 Å². The second-order valence-electron chi connectivity index (χ2n) is 4.29. The van der Waals surface area contributed by atoms with Crippen LogP contribution in [0, 0.1) is 11.6 Å². The standard InChI is InChI=1S/C14H16F2N2/c1-2-3-4-5-12-8-9-17-18(12)14-10-11(15)6-7-13(14)16/h6-10H,2-5H2,1H3. The third kappa shape index (κ3) is 2.75. The lowest BCUT2D eigenvalue weighted by Gasteiger charge is -2.08.